The molecule has 0 saturated carbocycles. The molecule has 0 aromatic heterocycles. The van der Waals surface area contributed by atoms with Crippen LogP contribution in [0, 0.1) is 0 Å². The van der Waals surface area contributed by atoms with Gasteiger partial charge in [-0.15, -0.1) is 0 Å². The summed E-state index contributed by atoms with van der Waals surface area (Å²) in [7, 11) is 2.17. The molecule has 1 N–H and O–H groups in total. The van der Waals surface area contributed by atoms with E-state index in [1.165, 1.54) is 33.1 Å². The van der Waals surface area contributed by atoms with Crippen LogP contribution in [0.15, 0.2) is 54.6 Å². The zero-order chi connectivity index (χ0) is 23.2. The van der Waals surface area contributed by atoms with Crippen molar-refractivity contribution in [3.63, 3.8) is 0 Å². The minimum absolute atomic E-state index is 0.0349. The zero-order valence-electron chi connectivity index (χ0n) is 18.8. The SMILES string of the molecule is CC[NH+](CC)c1ccc(/C=C/C2=[N+](C)c3ccccc3C2(C)C)cc1.O=C([O-])C(=O)[O-]. The van der Waals surface area contributed by atoms with Crippen LogP contribution in [0.4, 0.5) is 11.4 Å². The molecule has 164 valence electrons. The van der Waals surface area contributed by atoms with E-state index < -0.39 is 11.9 Å². The van der Waals surface area contributed by atoms with Gasteiger partial charge in [0.15, 0.2) is 5.71 Å². The molecule has 1 aliphatic rings. The van der Waals surface area contributed by atoms with Gasteiger partial charge in [0.1, 0.15) is 12.7 Å². The normalized spacial score (nSPS) is 14.4. The van der Waals surface area contributed by atoms with Crippen molar-refractivity contribution in [1.29, 1.82) is 0 Å². The maximum Gasteiger partial charge on any atom is 0.209 e. The fourth-order valence-electron chi connectivity index (χ4n) is 3.97. The van der Waals surface area contributed by atoms with Crippen molar-refractivity contribution in [3.05, 3.63) is 65.7 Å². The number of aliphatic carboxylic acids is 2. The fourth-order valence-corrected chi connectivity index (χ4v) is 3.97. The zero-order valence-corrected chi connectivity index (χ0v) is 18.8. The molecule has 31 heavy (non-hydrogen) atoms. The Balaban J connectivity index is 0.000000501. The number of para-hydroxylation sites is 1. The first-order valence-electron chi connectivity index (χ1n) is 10.4. The monoisotopic (exact) mass is 422 g/mol. The van der Waals surface area contributed by atoms with Gasteiger partial charge in [0.2, 0.25) is 5.69 Å². The molecule has 1 aliphatic heterocycles. The number of allylic oxidation sites excluding steroid dienone is 1. The molecular weight excluding hydrogens is 392 g/mol. The van der Waals surface area contributed by atoms with E-state index in [0.717, 1.165) is 13.1 Å². The number of rotatable bonds is 5. The Morgan fingerprint density at radius 1 is 0.935 bits per heavy atom. The first kappa shape index (κ1) is 24.0. The third-order valence-corrected chi connectivity index (χ3v) is 5.71. The molecule has 2 aromatic rings. The van der Waals surface area contributed by atoms with E-state index in [9.17, 15) is 0 Å². The van der Waals surface area contributed by atoms with E-state index in [-0.39, 0.29) is 5.41 Å². The summed E-state index contributed by atoms with van der Waals surface area (Å²) in [6.45, 7) is 11.3. The number of carboxylic acid groups (broad SMARTS) is 2. The Labute approximate surface area is 183 Å². The average molecular weight is 423 g/mol. The predicted octanol–water partition coefficient (Wildman–Crippen LogP) is 0.448. The lowest BCUT2D eigenvalue weighted by atomic mass is 9.81. The van der Waals surface area contributed by atoms with Crippen LogP contribution in [-0.2, 0) is 15.0 Å². The minimum Gasteiger partial charge on any atom is -0.543 e. The van der Waals surface area contributed by atoms with Crippen molar-refractivity contribution in [2.75, 3.05) is 20.1 Å². The highest BCUT2D eigenvalue weighted by Gasteiger charge is 2.42. The summed E-state index contributed by atoms with van der Waals surface area (Å²) >= 11 is 0. The number of quaternary nitrogens is 1. The van der Waals surface area contributed by atoms with Gasteiger partial charge in [0.05, 0.1) is 30.4 Å². The summed E-state index contributed by atoms with van der Waals surface area (Å²) in [6.07, 6.45) is 4.51. The molecule has 0 fully saturated rings. The van der Waals surface area contributed by atoms with E-state index in [4.69, 9.17) is 19.8 Å². The second-order valence-corrected chi connectivity index (χ2v) is 7.93. The van der Waals surface area contributed by atoms with Gasteiger partial charge < -0.3 is 24.7 Å². The molecular formula is C25H30N2O4. The highest BCUT2D eigenvalue weighted by atomic mass is 16.4. The third kappa shape index (κ3) is 5.47. The summed E-state index contributed by atoms with van der Waals surface area (Å²) in [5, 5.41) is 17.9. The molecule has 0 atom stereocenters. The fraction of sp³-hybridized carbons (Fsp3) is 0.320. The van der Waals surface area contributed by atoms with Crippen LogP contribution in [0.25, 0.3) is 6.08 Å². The molecule has 6 nitrogen and oxygen atoms in total. The van der Waals surface area contributed by atoms with E-state index in [2.05, 4.69) is 100 Å². The highest BCUT2D eigenvalue weighted by molar-refractivity contribution is 6.25. The van der Waals surface area contributed by atoms with Crippen molar-refractivity contribution in [2.24, 2.45) is 0 Å². The van der Waals surface area contributed by atoms with Gasteiger partial charge in [-0.05, 0) is 63.6 Å². The first-order valence-corrected chi connectivity index (χ1v) is 10.4. The highest BCUT2D eigenvalue weighted by Crippen LogP contribution is 2.39. The lowest BCUT2D eigenvalue weighted by molar-refractivity contribution is -0.828. The summed E-state index contributed by atoms with van der Waals surface area (Å²) in [4.78, 5) is 19.4. The first-order chi connectivity index (χ1) is 14.6. The summed E-state index contributed by atoms with van der Waals surface area (Å²) < 4.78 is 2.32. The molecule has 0 aliphatic carbocycles. The number of nitrogens with one attached hydrogen (secondary N) is 1. The van der Waals surface area contributed by atoms with Crippen molar-refractivity contribution < 1.29 is 29.3 Å². The number of nitrogens with zero attached hydrogens (tertiary/aromatic N) is 1. The largest absolute Gasteiger partial charge is 0.543 e. The van der Waals surface area contributed by atoms with Gasteiger partial charge in [-0.25, -0.2) is 0 Å². The second kappa shape index (κ2) is 10.2. The van der Waals surface area contributed by atoms with E-state index in [0.29, 0.717) is 0 Å². The minimum atomic E-state index is -2.19. The standard InChI is InChI=1S/C23H29N2.C2H2O4/c1-6-25(7-2)19-15-12-18(13-16-19)14-17-22-23(3,4)20-10-8-9-11-21(20)24(22)5;3-1(4)2(5)6/h8-17H,6-7H2,1-5H3;(H,3,4)(H,5,6)/q+1;/p-1. The molecule has 0 spiro atoms. The van der Waals surface area contributed by atoms with E-state index >= 15 is 0 Å². The smallest absolute Gasteiger partial charge is 0.209 e. The quantitative estimate of drug-likeness (QED) is 0.560. The average Bonchev–Trinajstić information content (AvgIpc) is 2.94. The van der Waals surface area contributed by atoms with Crippen LogP contribution >= 0.6 is 0 Å². The second-order valence-electron chi connectivity index (χ2n) is 7.93. The molecule has 0 amide bonds. The van der Waals surface area contributed by atoms with Gasteiger partial charge in [-0.1, -0.05) is 18.2 Å². The van der Waals surface area contributed by atoms with Crippen molar-refractivity contribution >= 4 is 35.1 Å². The summed E-state index contributed by atoms with van der Waals surface area (Å²) in [5.74, 6) is -4.37. The molecule has 0 bridgehead atoms. The Morgan fingerprint density at radius 3 is 1.97 bits per heavy atom. The Hall–Kier alpha value is -3.25. The number of fused-ring (bicyclic) bond motifs is 1. The van der Waals surface area contributed by atoms with E-state index in [1.54, 1.807) is 0 Å². The molecule has 2 aromatic carbocycles. The van der Waals surface area contributed by atoms with Crippen molar-refractivity contribution in [1.82, 2.24) is 0 Å². The number of carboxylic acids is 2. The Bertz CT molecular complexity index is 988. The molecule has 1 heterocycles. The van der Waals surface area contributed by atoms with Crippen molar-refractivity contribution in [2.45, 2.75) is 33.1 Å². The Kier molecular flexibility index (Phi) is 7.89. The molecule has 3 rings (SSSR count). The van der Waals surface area contributed by atoms with Crippen LogP contribution in [0.1, 0.15) is 38.8 Å². The third-order valence-electron chi connectivity index (χ3n) is 5.71. The molecule has 6 heteroatoms. The lowest BCUT2D eigenvalue weighted by Gasteiger charge is -2.15. The number of carbonyl (C=O) groups excluding carboxylic acids is 2. The Morgan fingerprint density at radius 2 is 1.48 bits per heavy atom. The van der Waals surface area contributed by atoms with Crippen LogP contribution in [0.2, 0.25) is 0 Å². The number of carbonyl (C=O) groups is 2. The molecule has 0 radical (unpaired) electrons. The lowest BCUT2D eigenvalue weighted by Crippen LogP contribution is -3.06. The van der Waals surface area contributed by atoms with Crippen LogP contribution in [0.3, 0.4) is 0 Å². The van der Waals surface area contributed by atoms with Gasteiger partial charge in [-0.3, -0.25) is 0 Å². The number of benzene rings is 2. The van der Waals surface area contributed by atoms with Gasteiger partial charge in [-0.2, -0.15) is 4.58 Å². The predicted molar refractivity (Wildman–Crippen MR) is 118 cm³/mol. The van der Waals surface area contributed by atoms with Gasteiger partial charge in [0.25, 0.3) is 0 Å². The topological polar surface area (TPSA) is 87.7 Å². The van der Waals surface area contributed by atoms with E-state index in [1.807, 2.05) is 0 Å². The van der Waals surface area contributed by atoms with Crippen LogP contribution in [-0.4, -0.2) is 42.4 Å². The number of hydrogen-bond donors (Lipinski definition) is 1. The van der Waals surface area contributed by atoms with Crippen LogP contribution in [0.5, 0.6) is 0 Å². The van der Waals surface area contributed by atoms with Crippen LogP contribution < -0.4 is 15.1 Å². The number of hydrogen-bond acceptors (Lipinski definition) is 4. The van der Waals surface area contributed by atoms with Crippen molar-refractivity contribution in [3.8, 4) is 0 Å². The molecule has 0 unspecified atom stereocenters. The van der Waals surface area contributed by atoms with Gasteiger partial charge in [0, 0.05) is 17.7 Å². The summed E-state index contributed by atoms with van der Waals surface area (Å²) in [5.41, 5.74) is 6.72. The van der Waals surface area contributed by atoms with Gasteiger partial charge >= 0.3 is 0 Å². The maximum atomic E-state index is 8.93. The maximum absolute atomic E-state index is 8.93. The molecule has 0 saturated heterocycles. The summed E-state index contributed by atoms with van der Waals surface area (Å²) in [6, 6.07) is 17.7.